The maximum atomic E-state index is 13.0. The molecule has 1 unspecified atom stereocenters. The summed E-state index contributed by atoms with van der Waals surface area (Å²) in [5, 5.41) is 0.680. The Bertz CT molecular complexity index is 654. The quantitative estimate of drug-likeness (QED) is 0.799. The van der Waals surface area contributed by atoms with Gasteiger partial charge in [0, 0.05) is 18.5 Å². The van der Waals surface area contributed by atoms with Crippen LogP contribution in [0.15, 0.2) is 24.3 Å². The lowest BCUT2D eigenvalue weighted by Gasteiger charge is -2.32. The Morgan fingerprint density at radius 2 is 1.95 bits per heavy atom. The fraction of sp³-hybridized carbons (Fsp3) is 0.467. The van der Waals surface area contributed by atoms with E-state index in [9.17, 15) is 13.2 Å². The predicted octanol–water partition coefficient (Wildman–Crippen LogP) is 3.88. The molecule has 1 saturated heterocycles. The van der Waals surface area contributed by atoms with Gasteiger partial charge in [0.05, 0.1) is 5.52 Å². The fourth-order valence-corrected chi connectivity index (χ4v) is 2.81. The average Bonchev–Trinajstić information content (AvgIpc) is 2.45. The fourth-order valence-electron chi connectivity index (χ4n) is 2.81. The number of halogens is 3. The first-order chi connectivity index (χ1) is 9.95. The Balaban J connectivity index is 2.14. The first kappa shape index (κ1) is 14.1. The van der Waals surface area contributed by atoms with E-state index in [0.29, 0.717) is 22.6 Å². The van der Waals surface area contributed by atoms with Gasteiger partial charge in [-0.15, -0.1) is 0 Å². The monoisotopic (exact) mass is 295 g/mol. The molecule has 112 valence electrons. The molecule has 1 aliphatic heterocycles. The highest BCUT2D eigenvalue weighted by Gasteiger charge is 2.36. The summed E-state index contributed by atoms with van der Waals surface area (Å²) in [6.45, 7) is 3.58. The molecule has 0 spiro atoms. The summed E-state index contributed by atoms with van der Waals surface area (Å²) in [6, 6.07) is 6.88. The average molecular weight is 295 g/mol. The minimum atomic E-state index is -4.53. The molecule has 0 N–H and O–H groups in total. The molecule has 2 heterocycles. The molecule has 21 heavy (non-hydrogen) atoms. The molecule has 1 aromatic heterocycles. The predicted molar refractivity (Wildman–Crippen MR) is 75.2 cm³/mol. The summed E-state index contributed by atoms with van der Waals surface area (Å²) in [5.74, 6) is -0.198. The van der Waals surface area contributed by atoms with E-state index in [4.69, 9.17) is 0 Å². The third kappa shape index (κ3) is 2.80. The molecule has 3 nitrogen and oxygen atoms in total. The third-order valence-electron chi connectivity index (χ3n) is 3.79. The maximum absolute atomic E-state index is 13.0. The van der Waals surface area contributed by atoms with Crippen LogP contribution in [0.5, 0.6) is 0 Å². The second kappa shape index (κ2) is 5.16. The Morgan fingerprint density at radius 1 is 1.19 bits per heavy atom. The van der Waals surface area contributed by atoms with Gasteiger partial charge in [0.2, 0.25) is 5.82 Å². The Labute approximate surface area is 120 Å². The summed E-state index contributed by atoms with van der Waals surface area (Å²) >= 11 is 0. The van der Waals surface area contributed by atoms with Gasteiger partial charge in [-0.3, -0.25) is 0 Å². The molecular weight excluding hydrogens is 279 g/mol. The zero-order valence-corrected chi connectivity index (χ0v) is 11.7. The number of nitrogens with zero attached hydrogens (tertiary/aromatic N) is 3. The van der Waals surface area contributed by atoms with E-state index in [-0.39, 0.29) is 0 Å². The molecule has 0 radical (unpaired) electrons. The molecular formula is C15H16F3N3. The van der Waals surface area contributed by atoms with E-state index >= 15 is 0 Å². The summed E-state index contributed by atoms with van der Waals surface area (Å²) in [4.78, 5) is 9.43. The first-order valence-corrected chi connectivity index (χ1v) is 7.04. The summed E-state index contributed by atoms with van der Waals surface area (Å²) < 4.78 is 39.0. The van der Waals surface area contributed by atoms with E-state index in [2.05, 4.69) is 16.9 Å². The van der Waals surface area contributed by atoms with Crippen LogP contribution in [0.25, 0.3) is 10.9 Å². The van der Waals surface area contributed by atoms with Gasteiger partial charge in [-0.05, 0) is 30.9 Å². The van der Waals surface area contributed by atoms with Crippen LogP contribution < -0.4 is 4.90 Å². The molecule has 0 aliphatic carbocycles. The standard InChI is InChI=1S/C15H16F3N3/c1-10-5-4-8-21(9-10)13-11-6-2-3-7-12(11)19-14(20-13)15(16,17)18/h2-3,6-7,10H,4-5,8-9H2,1H3. The molecule has 1 fully saturated rings. The Kier molecular flexibility index (Phi) is 3.47. The lowest BCUT2D eigenvalue weighted by molar-refractivity contribution is -0.144. The van der Waals surface area contributed by atoms with Gasteiger partial charge >= 0.3 is 6.18 Å². The highest BCUT2D eigenvalue weighted by Crippen LogP contribution is 2.33. The molecule has 6 heteroatoms. The number of benzene rings is 1. The van der Waals surface area contributed by atoms with E-state index < -0.39 is 12.0 Å². The molecule has 1 atom stereocenters. The Morgan fingerprint density at radius 3 is 2.67 bits per heavy atom. The number of aromatic nitrogens is 2. The van der Waals surface area contributed by atoms with Crippen LogP contribution in [0, 0.1) is 5.92 Å². The molecule has 0 amide bonds. The van der Waals surface area contributed by atoms with Crippen molar-refractivity contribution < 1.29 is 13.2 Å². The van der Waals surface area contributed by atoms with Gasteiger partial charge in [-0.25, -0.2) is 9.97 Å². The van der Waals surface area contributed by atoms with E-state index in [1.54, 1.807) is 24.3 Å². The normalized spacial score (nSPS) is 20.0. The zero-order chi connectivity index (χ0) is 15.0. The molecule has 0 saturated carbocycles. The van der Waals surface area contributed by atoms with Crippen LogP contribution in [-0.4, -0.2) is 23.1 Å². The number of anilines is 1. The minimum absolute atomic E-state index is 0.341. The number of hydrogen-bond donors (Lipinski definition) is 0. The lowest BCUT2D eigenvalue weighted by Crippen LogP contribution is -2.35. The van der Waals surface area contributed by atoms with Gasteiger partial charge in [-0.2, -0.15) is 13.2 Å². The van der Waals surface area contributed by atoms with Gasteiger partial charge in [0.25, 0.3) is 0 Å². The molecule has 2 aromatic rings. The van der Waals surface area contributed by atoms with Crippen LogP contribution in [0.3, 0.4) is 0 Å². The molecule has 3 rings (SSSR count). The van der Waals surface area contributed by atoms with E-state index in [0.717, 1.165) is 25.9 Å². The highest BCUT2D eigenvalue weighted by molar-refractivity contribution is 5.89. The largest absolute Gasteiger partial charge is 0.451 e. The SMILES string of the molecule is CC1CCCN(c2nc(C(F)(F)F)nc3ccccc23)C1. The van der Waals surface area contributed by atoms with Crippen molar-refractivity contribution in [3.05, 3.63) is 30.1 Å². The van der Waals surface area contributed by atoms with Crippen LogP contribution in [0.4, 0.5) is 19.0 Å². The second-order valence-corrected chi connectivity index (χ2v) is 5.58. The van der Waals surface area contributed by atoms with E-state index in [1.807, 2.05) is 4.90 Å². The zero-order valence-electron chi connectivity index (χ0n) is 11.7. The minimum Gasteiger partial charge on any atom is -0.356 e. The van der Waals surface area contributed by atoms with Gasteiger partial charge < -0.3 is 4.90 Å². The summed E-state index contributed by atoms with van der Waals surface area (Å²) in [6.07, 6.45) is -2.45. The number of alkyl halides is 3. The van der Waals surface area contributed by atoms with E-state index in [1.165, 1.54) is 0 Å². The van der Waals surface area contributed by atoms with Crippen molar-refractivity contribution in [1.82, 2.24) is 9.97 Å². The van der Waals surface area contributed by atoms with Crippen LogP contribution in [0.1, 0.15) is 25.6 Å². The van der Waals surface area contributed by atoms with Gasteiger partial charge in [-0.1, -0.05) is 19.1 Å². The molecule has 1 aliphatic rings. The third-order valence-corrected chi connectivity index (χ3v) is 3.79. The number of para-hydroxylation sites is 1. The van der Waals surface area contributed by atoms with Crippen molar-refractivity contribution in [2.45, 2.75) is 25.9 Å². The van der Waals surface area contributed by atoms with Crippen molar-refractivity contribution in [1.29, 1.82) is 0 Å². The Hall–Kier alpha value is -1.85. The van der Waals surface area contributed by atoms with Crippen molar-refractivity contribution in [2.24, 2.45) is 5.92 Å². The van der Waals surface area contributed by atoms with Gasteiger partial charge in [0.15, 0.2) is 0 Å². The highest BCUT2D eigenvalue weighted by atomic mass is 19.4. The lowest BCUT2D eigenvalue weighted by atomic mass is 10.00. The van der Waals surface area contributed by atoms with Crippen LogP contribution in [-0.2, 0) is 6.18 Å². The number of fused-ring (bicyclic) bond motifs is 1. The molecule has 0 bridgehead atoms. The van der Waals surface area contributed by atoms with Crippen LogP contribution in [0.2, 0.25) is 0 Å². The maximum Gasteiger partial charge on any atom is 0.451 e. The van der Waals surface area contributed by atoms with Crippen molar-refractivity contribution in [3.63, 3.8) is 0 Å². The molecule has 1 aromatic carbocycles. The van der Waals surface area contributed by atoms with Crippen molar-refractivity contribution >= 4 is 16.7 Å². The van der Waals surface area contributed by atoms with Gasteiger partial charge in [0.1, 0.15) is 5.82 Å². The summed E-state index contributed by atoms with van der Waals surface area (Å²) in [5.41, 5.74) is 0.341. The van der Waals surface area contributed by atoms with Crippen molar-refractivity contribution in [3.8, 4) is 0 Å². The van der Waals surface area contributed by atoms with Crippen molar-refractivity contribution in [2.75, 3.05) is 18.0 Å². The number of piperidine rings is 1. The topological polar surface area (TPSA) is 29.0 Å². The first-order valence-electron chi connectivity index (χ1n) is 7.04. The smallest absolute Gasteiger partial charge is 0.356 e. The second-order valence-electron chi connectivity index (χ2n) is 5.58. The van der Waals surface area contributed by atoms with Crippen LogP contribution >= 0.6 is 0 Å². The number of rotatable bonds is 1. The summed E-state index contributed by atoms with van der Waals surface area (Å²) in [7, 11) is 0. The number of hydrogen-bond acceptors (Lipinski definition) is 3.